The lowest BCUT2D eigenvalue weighted by atomic mass is 10.7. The molecule has 1 heterocycles. The Morgan fingerprint density at radius 1 is 1.22 bits per heavy atom. The van der Waals surface area contributed by atoms with Crippen molar-refractivity contribution in [1.82, 2.24) is 4.72 Å². The average Bonchev–Trinajstić information content (AvgIpc) is 2.51. The third kappa shape index (κ3) is 11.6. The van der Waals surface area contributed by atoms with Gasteiger partial charge in [0.1, 0.15) is 0 Å². The van der Waals surface area contributed by atoms with Gasteiger partial charge in [-0.3, -0.25) is 4.72 Å². The van der Waals surface area contributed by atoms with Gasteiger partial charge in [-0.25, -0.2) is 0 Å². The van der Waals surface area contributed by atoms with Gasteiger partial charge in [-0.05, 0) is 5.41 Å². The lowest BCUT2D eigenvalue weighted by Crippen LogP contribution is -1.92. The van der Waals surface area contributed by atoms with Crippen LogP contribution >= 0.6 is 11.9 Å². The number of rotatable bonds is 0. The monoisotopic (exact) mass is 147 g/mol. The second-order valence-corrected chi connectivity index (χ2v) is 1.63. The highest BCUT2D eigenvalue weighted by Crippen LogP contribution is 1.99. The number of hydrogen-bond acceptors (Lipinski definition) is 2. The quantitative estimate of drug-likeness (QED) is 0.529. The topological polar surface area (TPSA) is 12.0 Å². The van der Waals surface area contributed by atoms with E-state index in [1.807, 2.05) is 33.1 Å². The highest BCUT2D eigenvalue weighted by atomic mass is 32.2. The van der Waals surface area contributed by atoms with Crippen molar-refractivity contribution < 1.29 is 0 Å². The molecule has 1 rings (SSSR count). The lowest BCUT2D eigenvalue weighted by molar-refractivity contribution is 1.16. The Morgan fingerprint density at radius 2 is 1.78 bits per heavy atom. The van der Waals surface area contributed by atoms with Gasteiger partial charge in [0.25, 0.3) is 0 Å². The fourth-order valence-corrected chi connectivity index (χ4v) is 0.722. The minimum Gasteiger partial charge on any atom is -0.257 e. The molecule has 0 saturated carbocycles. The first-order valence-corrected chi connectivity index (χ1v) is 4.41. The van der Waals surface area contributed by atoms with Gasteiger partial charge in [-0.1, -0.05) is 45.7 Å². The fourth-order valence-electron chi connectivity index (χ4n) is 0.241. The number of nitrogens with one attached hydrogen (secondary N) is 1. The van der Waals surface area contributed by atoms with Gasteiger partial charge >= 0.3 is 0 Å². The molecule has 0 fully saturated rings. The summed E-state index contributed by atoms with van der Waals surface area (Å²) in [5.41, 5.74) is 0. The van der Waals surface area contributed by atoms with Crippen LogP contribution in [0.15, 0.2) is 11.5 Å². The molecule has 9 heavy (non-hydrogen) atoms. The molecule has 0 aromatic carbocycles. The summed E-state index contributed by atoms with van der Waals surface area (Å²) in [6.07, 6.45) is 2.09. The SMILES string of the molecule is C1=CSNC1.CC.CC. The van der Waals surface area contributed by atoms with E-state index in [0.717, 1.165) is 6.54 Å². The van der Waals surface area contributed by atoms with Gasteiger partial charge in [0, 0.05) is 6.54 Å². The summed E-state index contributed by atoms with van der Waals surface area (Å²) in [5.74, 6) is 0. The zero-order valence-corrected chi connectivity index (χ0v) is 7.59. The van der Waals surface area contributed by atoms with Crippen LogP contribution in [0.25, 0.3) is 0 Å². The Kier molecular flexibility index (Phi) is 20.6. The van der Waals surface area contributed by atoms with E-state index in [2.05, 4.69) is 10.8 Å². The predicted molar refractivity (Wildman–Crippen MR) is 47.4 cm³/mol. The largest absolute Gasteiger partial charge is 0.257 e. The summed E-state index contributed by atoms with van der Waals surface area (Å²) < 4.78 is 3.03. The molecule has 1 nitrogen and oxygen atoms in total. The second kappa shape index (κ2) is 15.7. The van der Waals surface area contributed by atoms with Crippen LogP contribution in [-0.4, -0.2) is 6.54 Å². The Balaban J connectivity index is 0. The molecule has 0 radical (unpaired) electrons. The molecule has 0 spiro atoms. The lowest BCUT2D eigenvalue weighted by Gasteiger charge is -1.76. The maximum absolute atomic E-state index is 3.03. The molecule has 1 aliphatic rings. The molecule has 2 heteroatoms. The predicted octanol–water partition coefficient (Wildman–Crippen LogP) is 2.80. The Hall–Kier alpha value is 0.0500. The summed E-state index contributed by atoms with van der Waals surface area (Å²) in [7, 11) is 0. The van der Waals surface area contributed by atoms with Crippen LogP contribution < -0.4 is 4.72 Å². The van der Waals surface area contributed by atoms with E-state index < -0.39 is 0 Å². The van der Waals surface area contributed by atoms with Crippen LogP contribution in [0, 0.1) is 0 Å². The highest BCUT2D eigenvalue weighted by molar-refractivity contribution is 8.00. The smallest absolute Gasteiger partial charge is 0.0251 e. The molecule has 1 N–H and O–H groups in total. The van der Waals surface area contributed by atoms with E-state index in [-0.39, 0.29) is 0 Å². The van der Waals surface area contributed by atoms with E-state index in [0.29, 0.717) is 0 Å². The average molecular weight is 147 g/mol. The summed E-state index contributed by atoms with van der Waals surface area (Å²) in [6.45, 7) is 9.03. The van der Waals surface area contributed by atoms with Crippen molar-refractivity contribution >= 4 is 11.9 Å². The van der Waals surface area contributed by atoms with E-state index in [1.54, 1.807) is 11.9 Å². The molecule has 0 aliphatic carbocycles. The first kappa shape index (κ1) is 11.8. The first-order valence-electron chi connectivity index (χ1n) is 3.53. The third-order valence-corrected chi connectivity index (χ3v) is 1.11. The van der Waals surface area contributed by atoms with Gasteiger partial charge in [-0.15, -0.1) is 0 Å². The molecular weight excluding hydrogens is 130 g/mol. The van der Waals surface area contributed by atoms with Crippen molar-refractivity contribution in [2.75, 3.05) is 6.54 Å². The van der Waals surface area contributed by atoms with Crippen LogP contribution in [0.3, 0.4) is 0 Å². The summed E-state index contributed by atoms with van der Waals surface area (Å²) >= 11 is 1.64. The van der Waals surface area contributed by atoms with E-state index in [9.17, 15) is 0 Å². The molecule has 0 aromatic rings. The van der Waals surface area contributed by atoms with E-state index in [1.165, 1.54) is 0 Å². The Morgan fingerprint density at radius 3 is 1.89 bits per heavy atom. The third-order valence-electron chi connectivity index (χ3n) is 0.449. The Labute approximate surface area is 63.1 Å². The standard InChI is InChI=1S/C3H5NS.2C2H6/c1-2-4-5-3-1;2*1-2/h1,3-4H,2H2;2*1-2H3. The highest BCUT2D eigenvalue weighted by Gasteiger charge is 1.82. The second-order valence-electron chi connectivity index (χ2n) is 0.838. The van der Waals surface area contributed by atoms with Crippen molar-refractivity contribution in [1.29, 1.82) is 0 Å². The van der Waals surface area contributed by atoms with Crippen molar-refractivity contribution in [3.05, 3.63) is 11.5 Å². The molecule has 0 unspecified atom stereocenters. The minimum absolute atomic E-state index is 1.03. The molecule has 56 valence electrons. The van der Waals surface area contributed by atoms with Crippen molar-refractivity contribution in [3.63, 3.8) is 0 Å². The minimum atomic E-state index is 1.03. The molecular formula is C7H17NS. The summed E-state index contributed by atoms with van der Waals surface area (Å²) in [5, 5.41) is 2.04. The Bertz CT molecular complexity index is 46.9. The van der Waals surface area contributed by atoms with Crippen molar-refractivity contribution in [3.8, 4) is 0 Å². The number of hydrogen-bond donors (Lipinski definition) is 1. The normalized spacial score (nSPS) is 12.9. The van der Waals surface area contributed by atoms with E-state index in [4.69, 9.17) is 0 Å². The van der Waals surface area contributed by atoms with Crippen LogP contribution in [-0.2, 0) is 0 Å². The zero-order chi connectivity index (χ0) is 7.54. The molecule has 0 amide bonds. The molecule has 0 aromatic heterocycles. The van der Waals surface area contributed by atoms with E-state index >= 15 is 0 Å². The van der Waals surface area contributed by atoms with Gasteiger partial charge in [0.15, 0.2) is 0 Å². The summed E-state index contributed by atoms with van der Waals surface area (Å²) in [6, 6.07) is 0. The van der Waals surface area contributed by atoms with Crippen LogP contribution in [0.2, 0.25) is 0 Å². The van der Waals surface area contributed by atoms with Gasteiger partial charge in [-0.2, -0.15) is 0 Å². The molecule has 0 saturated heterocycles. The van der Waals surface area contributed by atoms with Crippen LogP contribution in [0.4, 0.5) is 0 Å². The van der Waals surface area contributed by atoms with Gasteiger partial charge < -0.3 is 0 Å². The first-order chi connectivity index (χ1) is 4.50. The molecule has 0 bridgehead atoms. The fraction of sp³-hybridized carbons (Fsp3) is 0.714. The van der Waals surface area contributed by atoms with Gasteiger partial charge in [0.05, 0.1) is 0 Å². The maximum atomic E-state index is 3.03. The van der Waals surface area contributed by atoms with Crippen LogP contribution in [0.1, 0.15) is 27.7 Å². The molecule has 1 aliphatic heterocycles. The van der Waals surface area contributed by atoms with Crippen LogP contribution in [0.5, 0.6) is 0 Å². The van der Waals surface area contributed by atoms with Crippen molar-refractivity contribution in [2.45, 2.75) is 27.7 Å². The maximum Gasteiger partial charge on any atom is 0.0251 e. The summed E-state index contributed by atoms with van der Waals surface area (Å²) in [4.78, 5) is 0. The molecule has 0 atom stereocenters. The zero-order valence-electron chi connectivity index (χ0n) is 6.77. The van der Waals surface area contributed by atoms with Gasteiger partial charge in [0.2, 0.25) is 0 Å². The van der Waals surface area contributed by atoms with Crippen molar-refractivity contribution in [2.24, 2.45) is 0 Å².